The summed E-state index contributed by atoms with van der Waals surface area (Å²) in [6, 6.07) is 0. The smallest absolute Gasteiger partial charge is 0.422 e. The quantitative estimate of drug-likeness (QED) is 0.674. The van der Waals surface area contributed by atoms with Gasteiger partial charge in [0.15, 0.2) is 12.4 Å². The van der Waals surface area contributed by atoms with Crippen LogP contribution in [0.4, 0.5) is 26.3 Å². The van der Waals surface area contributed by atoms with Crippen LogP contribution < -0.4 is 0 Å². The van der Waals surface area contributed by atoms with Gasteiger partial charge in [0.2, 0.25) is 6.17 Å². The minimum atomic E-state index is -4.76. The highest BCUT2D eigenvalue weighted by Crippen LogP contribution is 2.48. The zero-order valence-corrected chi connectivity index (χ0v) is 7.09. The second-order valence-electron chi connectivity index (χ2n) is 2.57. The van der Waals surface area contributed by atoms with Gasteiger partial charge in [-0.2, -0.15) is 22.0 Å². The Balaban J connectivity index is 2.64. The number of ether oxygens (including phenoxy) is 1. The van der Waals surface area contributed by atoms with E-state index in [9.17, 15) is 26.3 Å². The number of hydrogen-bond donors (Lipinski definition) is 0. The molecule has 1 rings (SSSR count). The van der Waals surface area contributed by atoms with Gasteiger partial charge in [-0.3, -0.25) is 0 Å². The molecule has 0 aromatic carbocycles. The maximum atomic E-state index is 12.4. The molecule has 0 aliphatic heterocycles. The topological polar surface area (TPSA) is 9.23 Å². The fraction of sp³-hybridized carbons (Fsp3) is 0.667. The van der Waals surface area contributed by atoms with Crippen molar-refractivity contribution < 1.29 is 31.1 Å². The van der Waals surface area contributed by atoms with Crippen LogP contribution in [0.5, 0.6) is 0 Å². The number of rotatable bonds is 2. The van der Waals surface area contributed by atoms with Crippen molar-refractivity contribution in [3.63, 3.8) is 0 Å². The summed E-state index contributed by atoms with van der Waals surface area (Å²) >= 11 is 4.91. The molecule has 0 saturated carbocycles. The summed E-state index contributed by atoms with van der Waals surface area (Å²) in [4.78, 5) is 0. The molecular formula is C6H3ClF6O. The minimum Gasteiger partial charge on any atom is -0.481 e. The molecule has 1 aliphatic rings. The maximum Gasteiger partial charge on any atom is 0.422 e. The van der Waals surface area contributed by atoms with Crippen molar-refractivity contribution in [1.29, 1.82) is 0 Å². The average molecular weight is 241 g/mol. The zero-order valence-electron chi connectivity index (χ0n) is 6.34. The van der Waals surface area contributed by atoms with E-state index in [1.807, 2.05) is 0 Å². The second-order valence-corrected chi connectivity index (χ2v) is 2.97. The van der Waals surface area contributed by atoms with Crippen molar-refractivity contribution in [3.8, 4) is 0 Å². The van der Waals surface area contributed by atoms with Gasteiger partial charge in [-0.25, -0.2) is 4.39 Å². The standard InChI is InChI=1S/C6H3ClF6O/c7-2-3(8)6(12,13)4(2)14-1-5(9,10)11/h3H,1H2. The Morgan fingerprint density at radius 2 is 1.86 bits per heavy atom. The Bertz CT molecular complexity index is 270. The van der Waals surface area contributed by atoms with Crippen molar-refractivity contribution in [2.45, 2.75) is 18.3 Å². The molecule has 1 atom stereocenters. The Morgan fingerprint density at radius 3 is 2.21 bits per heavy atom. The fourth-order valence-corrected chi connectivity index (χ4v) is 1.11. The SMILES string of the molecule is FC1C(Cl)=C(OCC(F)(F)F)C1(F)F. The maximum absolute atomic E-state index is 12.4. The van der Waals surface area contributed by atoms with Crippen LogP contribution >= 0.6 is 11.6 Å². The number of allylic oxidation sites excluding steroid dienone is 2. The number of alkyl halides is 6. The van der Waals surface area contributed by atoms with E-state index in [2.05, 4.69) is 4.74 Å². The van der Waals surface area contributed by atoms with E-state index < -0.39 is 35.7 Å². The summed E-state index contributed by atoms with van der Waals surface area (Å²) in [5.74, 6) is -5.49. The molecule has 0 fully saturated rings. The molecule has 1 aliphatic carbocycles. The predicted molar refractivity (Wildman–Crippen MR) is 34.7 cm³/mol. The highest BCUT2D eigenvalue weighted by molar-refractivity contribution is 6.31. The number of hydrogen-bond acceptors (Lipinski definition) is 1. The molecule has 8 heteroatoms. The van der Waals surface area contributed by atoms with Gasteiger partial charge in [-0.05, 0) is 0 Å². The summed E-state index contributed by atoms with van der Waals surface area (Å²) in [7, 11) is 0. The van der Waals surface area contributed by atoms with Crippen LogP contribution in [0.2, 0.25) is 0 Å². The summed E-state index contributed by atoms with van der Waals surface area (Å²) in [5.41, 5.74) is 0. The van der Waals surface area contributed by atoms with E-state index in [0.717, 1.165) is 0 Å². The minimum absolute atomic E-state index is 1.01. The normalized spacial score (nSPS) is 26.1. The third-order valence-electron chi connectivity index (χ3n) is 1.44. The molecule has 1 unspecified atom stereocenters. The lowest BCUT2D eigenvalue weighted by Crippen LogP contribution is -2.45. The Kier molecular flexibility index (Phi) is 2.64. The van der Waals surface area contributed by atoms with Crippen molar-refractivity contribution in [3.05, 3.63) is 10.8 Å². The first-order valence-electron chi connectivity index (χ1n) is 3.28. The Hall–Kier alpha value is -0.590. The first kappa shape index (κ1) is 11.5. The van der Waals surface area contributed by atoms with Crippen LogP contribution in [0, 0.1) is 0 Å². The lowest BCUT2D eigenvalue weighted by molar-refractivity contribution is -0.185. The van der Waals surface area contributed by atoms with Crippen LogP contribution in [0.3, 0.4) is 0 Å². The highest BCUT2D eigenvalue weighted by atomic mass is 35.5. The largest absolute Gasteiger partial charge is 0.481 e. The molecule has 0 saturated heterocycles. The molecule has 0 aromatic heterocycles. The molecule has 82 valence electrons. The Labute approximate surface area is 79.3 Å². The first-order chi connectivity index (χ1) is 6.16. The van der Waals surface area contributed by atoms with Crippen LogP contribution in [-0.2, 0) is 4.74 Å². The van der Waals surface area contributed by atoms with Crippen LogP contribution in [0.15, 0.2) is 10.8 Å². The third-order valence-corrected chi connectivity index (χ3v) is 1.80. The van der Waals surface area contributed by atoms with Crippen LogP contribution in [-0.4, -0.2) is 24.9 Å². The summed E-state index contributed by atoms with van der Waals surface area (Å²) in [6.45, 7) is -1.92. The Morgan fingerprint density at radius 1 is 1.36 bits per heavy atom. The molecule has 1 nitrogen and oxygen atoms in total. The van der Waals surface area contributed by atoms with E-state index in [0.29, 0.717) is 0 Å². The molecule has 0 aromatic rings. The lowest BCUT2D eigenvalue weighted by Gasteiger charge is -2.32. The fourth-order valence-electron chi connectivity index (χ4n) is 0.790. The molecule has 0 radical (unpaired) electrons. The van der Waals surface area contributed by atoms with Crippen molar-refractivity contribution in [2.75, 3.05) is 6.61 Å². The second kappa shape index (κ2) is 3.22. The van der Waals surface area contributed by atoms with E-state index in [-0.39, 0.29) is 0 Å². The lowest BCUT2D eigenvalue weighted by atomic mass is 10.0. The van der Waals surface area contributed by atoms with Gasteiger partial charge in [0.25, 0.3) is 0 Å². The van der Waals surface area contributed by atoms with Crippen molar-refractivity contribution in [1.82, 2.24) is 0 Å². The van der Waals surface area contributed by atoms with E-state index in [4.69, 9.17) is 11.6 Å². The first-order valence-corrected chi connectivity index (χ1v) is 3.65. The average Bonchev–Trinajstić information content (AvgIpc) is 2.00. The van der Waals surface area contributed by atoms with Gasteiger partial charge >= 0.3 is 12.1 Å². The van der Waals surface area contributed by atoms with E-state index in [1.165, 1.54) is 0 Å². The number of halogens is 7. The molecule has 14 heavy (non-hydrogen) atoms. The van der Waals surface area contributed by atoms with Gasteiger partial charge in [-0.15, -0.1) is 0 Å². The van der Waals surface area contributed by atoms with Gasteiger partial charge in [0.1, 0.15) is 5.03 Å². The van der Waals surface area contributed by atoms with Gasteiger partial charge < -0.3 is 4.74 Å². The molecule has 0 spiro atoms. The third kappa shape index (κ3) is 1.92. The predicted octanol–water partition coefficient (Wildman–Crippen LogP) is 3.00. The van der Waals surface area contributed by atoms with Gasteiger partial charge in [0.05, 0.1) is 0 Å². The molecule has 0 heterocycles. The van der Waals surface area contributed by atoms with Crippen LogP contribution in [0.25, 0.3) is 0 Å². The van der Waals surface area contributed by atoms with Crippen molar-refractivity contribution >= 4 is 11.6 Å². The zero-order chi connectivity index (χ0) is 11.1. The summed E-state index contributed by atoms with van der Waals surface area (Å²) < 4.78 is 75.3. The van der Waals surface area contributed by atoms with Crippen LogP contribution in [0.1, 0.15) is 0 Å². The molecule has 0 bridgehead atoms. The van der Waals surface area contributed by atoms with E-state index >= 15 is 0 Å². The molecule has 0 N–H and O–H groups in total. The summed E-state index contributed by atoms with van der Waals surface area (Å²) in [5, 5.41) is -1.01. The van der Waals surface area contributed by atoms with Gasteiger partial charge in [-0.1, -0.05) is 11.6 Å². The molecule has 0 amide bonds. The molecular weight excluding hydrogens is 238 g/mol. The monoisotopic (exact) mass is 240 g/mol. The highest BCUT2D eigenvalue weighted by Gasteiger charge is 2.59. The van der Waals surface area contributed by atoms with E-state index in [1.54, 1.807) is 0 Å². The van der Waals surface area contributed by atoms with Crippen molar-refractivity contribution in [2.24, 2.45) is 0 Å². The van der Waals surface area contributed by atoms with Gasteiger partial charge in [0, 0.05) is 0 Å². The summed E-state index contributed by atoms with van der Waals surface area (Å²) in [6.07, 6.45) is -7.53.